The van der Waals surface area contributed by atoms with Crippen molar-refractivity contribution >= 4 is 29.1 Å². The van der Waals surface area contributed by atoms with E-state index in [0.717, 1.165) is 5.56 Å². The second kappa shape index (κ2) is 9.68. The monoisotopic (exact) mass is 376 g/mol. The largest absolute Gasteiger partial charge is 0.484 e. The van der Waals surface area contributed by atoms with Crippen LogP contribution in [0.15, 0.2) is 42.5 Å². The van der Waals surface area contributed by atoms with Crippen LogP contribution in [0.3, 0.4) is 0 Å². The Hall–Kier alpha value is -2.73. The Balaban J connectivity index is 1.86. The van der Waals surface area contributed by atoms with Crippen LogP contribution >= 0.6 is 11.6 Å². The Bertz CT molecular complexity index is 780. The van der Waals surface area contributed by atoms with Crippen molar-refractivity contribution in [1.29, 1.82) is 0 Å². The number of ether oxygens (including phenoxy) is 2. The molecule has 7 heteroatoms. The Kier molecular flexibility index (Phi) is 7.29. The van der Waals surface area contributed by atoms with Gasteiger partial charge in [0.05, 0.1) is 0 Å². The molecule has 0 aliphatic carbocycles. The lowest BCUT2D eigenvalue weighted by Gasteiger charge is -2.11. The van der Waals surface area contributed by atoms with Gasteiger partial charge in [-0.05, 0) is 49.7 Å². The molecule has 0 spiro atoms. The van der Waals surface area contributed by atoms with Gasteiger partial charge in [-0.3, -0.25) is 9.59 Å². The van der Waals surface area contributed by atoms with Gasteiger partial charge in [-0.2, -0.15) is 0 Å². The molecule has 0 saturated carbocycles. The molecule has 0 atom stereocenters. The molecular weight excluding hydrogens is 356 g/mol. The zero-order chi connectivity index (χ0) is 18.9. The van der Waals surface area contributed by atoms with Gasteiger partial charge in [0.2, 0.25) is 0 Å². The number of halogens is 1. The molecule has 2 aromatic rings. The highest BCUT2D eigenvalue weighted by molar-refractivity contribution is 6.30. The van der Waals surface area contributed by atoms with Gasteiger partial charge in [-0.1, -0.05) is 17.7 Å². The number of hydrogen-bond donors (Lipinski definition) is 2. The summed E-state index contributed by atoms with van der Waals surface area (Å²) in [5, 5.41) is 5.98. The maximum absolute atomic E-state index is 12.1. The van der Waals surface area contributed by atoms with Crippen LogP contribution < -0.4 is 20.1 Å². The lowest BCUT2D eigenvalue weighted by molar-refractivity contribution is -0.123. The van der Waals surface area contributed by atoms with Crippen LogP contribution in [-0.2, 0) is 9.59 Å². The summed E-state index contributed by atoms with van der Waals surface area (Å²) in [5.74, 6) is 0.584. The fraction of sp³-hybridized carbons (Fsp3) is 0.263. The molecule has 0 aromatic heterocycles. The number of hydrogen-bond acceptors (Lipinski definition) is 4. The van der Waals surface area contributed by atoms with Gasteiger partial charge in [0.25, 0.3) is 11.8 Å². The van der Waals surface area contributed by atoms with E-state index in [2.05, 4.69) is 10.6 Å². The van der Waals surface area contributed by atoms with Gasteiger partial charge in [0, 0.05) is 23.3 Å². The van der Waals surface area contributed by atoms with Crippen LogP contribution in [0.2, 0.25) is 5.02 Å². The molecule has 2 amide bonds. The lowest BCUT2D eigenvalue weighted by Crippen LogP contribution is -2.28. The van der Waals surface area contributed by atoms with E-state index in [0.29, 0.717) is 28.8 Å². The fourth-order valence-corrected chi connectivity index (χ4v) is 2.40. The molecule has 0 unspecified atom stereocenters. The Morgan fingerprint density at radius 1 is 1.04 bits per heavy atom. The number of anilines is 1. The maximum atomic E-state index is 12.1. The number of aryl methyl sites for hydroxylation is 1. The van der Waals surface area contributed by atoms with E-state index in [1.807, 2.05) is 13.8 Å². The summed E-state index contributed by atoms with van der Waals surface area (Å²) in [7, 11) is 0. The second-order valence-electron chi connectivity index (χ2n) is 5.52. The lowest BCUT2D eigenvalue weighted by atomic mass is 10.2. The minimum atomic E-state index is -0.305. The summed E-state index contributed by atoms with van der Waals surface area (Å²) in [6.45, 7) is 4.03. The van der Waals surface area contributed by atoms with Crippen molar-refractivity contribution in [2.75, 3.05) is 25.1 Å². The summed E-state index contributed by atoms with van der Waals surface area (Å²) < 4.78 is 10.9. The van der Waals surface area contributed by atoms with Crippen LogP contribution in [0.25, 0.3) is 0 Å². The number of likely N-dealkylation sites (N-methyl/N-ethyl adjacent to an activating group) is 1. The third-order valence-electron chi connectivity index (χ3n) is 3.36. The highest BCUT2D eigenvalue weighted by Gasteiger charge is 2.07. The van der Waals surface area contributed by atoms with Crippen molar-refractivity contribution in [3.63, 3.8) is 0 Å². The zero-order valence-electron chi connectivity index (χ0n) is 14.7. The van der Waals surface area contributed by atoms with E-state index < -0.39 is 0 Å². The maximum Gasteiger partial charge on any atom is 0.262 e. The summed E-state index contributed by atoms with van der Waals surface area (Å²) in [6.07, 6.45) is 0. The van der Waals surface area contributed by atoms with Gasteiger partial charge in [0.1, 0.15) is 11.5 Å². The van der Waals surface area contributed by atoms with Gasteiger partial charge < -0.3 is 20.1 Å². The Morgan fingerprint density at radius 3 is 2.54 bits per heavy atom. The highest BCUT2D eigenvalue weighted by atomic mass is 35.5. The first kappa shape index (κ1) is 19.6. The van der Waals surface area contributed by atoms with E-state index in [1.54, 1.807) is 42.5 Å². The first-order chi connectivity index (χ1) is 12.5. The van der Waals surface area contributed by atoms with E-state index in [-0.39, 0.29) is 25.0 Å². The van der Waals surface area contributed by atoms with Gasteiger partial charge >= 0.3 is 0 Å². The van der Waals surface area contributed by atoms with E-state index in [4.69, 9.17) is 21.1 Å². The van der Waals surface area contributed by atoms with Crippen molar-refractivity contribution in [2.24, 2.45) is 0 Å². The fourth-order valence-electron chi connectivity index (χ4n) is 2.18. The van der Waals surface area contributed by atoms with Crippen molar-refractivity contribution in [2.45, 2.75) is 13.8 Å². The van der Waals surface area contributed by atoms with Crippen molar-refractivity contribution in [1.82, 2.24) is 5.32 Å². The van der Waals surface area contributed by atoms with Crippen molar-refractivity contribution in [3.8, 4) is 11.5 Å². The molecule has 0 aliphatic rings. The molecule has 26 heavy (non-hydrogen) atoms. The molecule has 2 N–H and O–H groups in total. The molecule has 0 heterocycles. The van der Waals surface area contributed by atoms with Crippen LogP contribution in [-0.4, -0.2) is 31.6 Å². The molecule has 0 fully saturated rings. The summed E-state index contributed by atoms with van der Waals surface area (Å²) >= 11 is 5.89. The molecule has 138 valence electrons. The molecule has 0 aliphatic heterocycles. The van der Waals surface area contributed by atoms with Gasteiger partial charge in [-0.15, -0.1) is 0 Å². The first-order valence-electron chi connectivity index (χ1n) is 8.16. The molecule has 2 aromatic carbocycles. The quantitative estimate of drug-likeness (QED) is 0.741. The Morgan fingerprint density at radius 2 is 1.81 bits per heavy atom. The predicted octanol–water partition coefficient (Wildman–Crippen LogP) is 3.18. The third kappa shape index (κ3) is 6.29. The molecule has 6 nitrogen and oxygen atoms in total. The van der Waals surface area contributed by atoms with Crippen LogP contribution in [0.1, 0.15) is 12.5 Å². The number of carbonyl (C=O) groups is 2. The van der Waals surface area contributed by atoms with E-state index >= 15 is 0 Å². The van der Waals surface area contributed by atoms with Crippen LogP contribution in [0.4, 0.5) is 5.69 Å². The first-order valence-corrected chi connectivity index (χ1v) is 8.54. The smallest absolute Gasteiger partial charge is 0.262 e. The normalized spacial score (nSPS) is 10.1. The van der Waals surface area contributed by atoms with E-state index in [1.165, 1.54) is 0 Å². The van der Waals surface area contributed by atoms with Gasteiger partial charge in [-0.25, -0.2) is 0 Å². The number of nitrogens with one attached hydrogen (secondary N) is 2. The minimum absolute atomic E-state index is 0.0792. The second-order valence-corrected chi connectivity index (χ2v) is 5.95. The van der Waals surface area contributed by atoms with Crippen LogP contribution in [0, 0.1) is 6.92 Å². The number of benzene rings is 2. The van der Waals surface area contributed by atoms with Crippen molar-refractivity contribution in [3.05, 3.63) is 53.1 Å². The van der Waals surface area contributed by atoms with E-state index in [9.17, 15) is 9.59 Å². The summed E-state index contributed by atoms with van der Waals surface area (Å²) in [6, 6.07) is 12.0. The number of carbonyl (C=O) groups excluding carboxylic acids is 2. The molecule has 0 bridgehead atoms. The standard InChI is InChI=1S/C19H21ClN2O4/c1-3-21-18(23)11-25-16-6-4-5-15(10-16)22-19(24)12-26-17-8-7-14(20)9-13(17)2/h4-10H,3,11-12H2,1-2H3,(H,21,23)(H,22,24). The highest BCUT2D eigenvalue weighted by Crippen LogP contribution is 2.22. The zero-order valence-corrected chi connectivity index (χ0v) is 15.4. The number of rotatable bonds is 8. The summed E-state index contributed by atoms with van der Waals surface area (Å²) in [4.78, 5) is 23.5. The average molecular weight is 377 g/mol. The topological polar surface area (TPSA) is 76.7 Å². The Labute approximate surface area is 157 Å². The molecular formula is C19H21ClN2O4. The van der Waals surface area contributed by atoms with Gasteiger partial charge in [0.15, 0.2) is 13.2 Å². The average Bonchev–Trinajstić information content (AvgIpc) is 2.60. The molecule has 0 radical (unpaired) electrons. The summed E-state index contributed by atoms with van der Waals surface area (Å²) in [5.41, 5.74) is 1.41. The predicted molar refractivity (Wildman–Crippen MR) is 101 cm³/mol. The number of amides is 2. The molecule has 0 saturated heterocycles. The minimum Gasteiger partial charge on any atom is -0.484 e. The third-order valence-corrected chi connectivity index (χ3v) is 3.59. The molecule has 2 rings (SSSR count). The van der Waals surface area contributed by atoms with Crippen molar-refractivity contribution < 1.29 is 19.1 Å². The van der Waals surface area contributed by atoms with Crippen LogP contribution in [0.5, 0.6) is 11.5 Å². The SMILES string of the molecule is CCNC(=O)COc1cccc(NC(=O)COc2ccc(Cl)cc2C)c1.